The first-order valence-corrected chi connectivity index (χ1v) is 13.6. The van der Waals surface area contributed by atoms with Crippen molar-refractivity contribution in [2.24, 2.45) is 0 Å². The summed E-state index contributed by atoms with van der Waals surface area (Å²) in [6.07, 6.45) is 1.62. The van der Waals surface area contributed by atoms with E-state index in [-0.39, 0.29) is 23.5 Å². The second-order valence-electron chi connectivity index (χ2n) is 9.84. The Morgan fingerprint density at radius 2 is 1.97 bits per heavy atom. The summed E-state index contributed by atoms with van der Waals surface area (Å²) in [6.45, 7) is 0.843. The van der Waals surface area contributed by atoms with Gasteiger partial charge in [-0.2, -0.15) is 0 Å². The van der Waals surface area contributed by atoms with Crippen molar-refractivity contribution in [1.82, 2.24) is 4.90 Å². The second kappa shape index (κ2) is 9.55. The molecule has 0 aliphatic carbocycles. The zero-order valence-corrected chi connectivity index (χ0v) is 22.9. The molecule has 4 atom stereocenters. The van der Waals surface area contributed by atoms with Crippen molar-refractivity contribution in [1.29, 1.82) is 0 Å². The molecule has 0 unspecified atom stereocenters. The van der Waals surface area contributed by atoms with Gasteiger partial charge >= 0.3 is 0 Å². The van der Waals surface area contributed by atoms with E-state index < -0.39 is 17.5 Å². The lowest BCUT2D eigenvalue weighted by Crippen LogP contribution is -2.55. The van der Waals surface area contributed by atoms with Crippen LogP contribution in [-0.4, -0.2) is 41.5 Å². The van der Waals surface area contributed by atoms with Gasteiger partial charge in [0.05, 0.1) is 17.5 Å². The maximum absolute atomic E-state index is 13.7. The first-order chi connectivity index (χ1) is 18.4. The number of para-hydroxylation sites is 1. The van der Waals surface area contributed by atoms with Crippen molar-refractivity contribution in [3.8, 4) is 11.5 Å². The van der Waals surface area contributed by atoms with Crippen LogP contribution in [0.5, 0.6) is 11.5 Å². The first-order valence-electron chi connectivity index (χ1n) is 12.4. The Kier molecular flexibility index (Phi) is 6.32. The molecule has 3 aliphatic heterocycles. The van der Waals surface area contributed by atoms with Crippen LogP contribution in [0.2, 0.25) is 5.02 Å². The minimum Gasteiger partial charge on any atom is -0.493 e. The monoisotopic (exact) mass is 597 g/mol. The minimum atomic E-state index is -1.37. The second-order valence-corrected chi connectivity index (χ2v) is 11.1. The molecule has 0 radical (unpaired) electrons. The number of carbonyl (C=O) groups is 1. The average molecular weight is 599 g/mol. The first kappa shape index (κ1) is 25.2. The number of hydrogen-bond donors (Lipinski definition) is 1. The summed E-state index contributed by atoms with van der Waals surface area (Å²) in [5.74, 6) is 0.0619. The number of fused-ring (bicyclic) bond motifs is 4. The SMILES string of the molecule is COc1cc([C@H]2[C@H]([N+](=O)[O-])[C@]3(C(=O)Nc4ccccc43)N3CCC[C@@H]23)cc(Br)c1OCc1ccccc1Cl. The molecule has 2 fully saturated rings. The number of rotatable bonds is 6. The summed E-state index contributed by atoms with van der Waals surface area (Å²) in [4.78, 5) is 28.3. The Morgan fingerprint density at radius 1 is 1.21 bits per heavy atom. The van der Waals surface area contributed by atoms with Gasteiger partial charge in [0.25, 0.3) is 11.9 Å². The average Bonchev–Trinajstić information content (AvgIpc) is 3.57. The van der Waals surface area contributed by atoms with Crippen molar-refractivity contribution in [2.45, 2.75) is 43.0 Å². The molecule has 38 heavy (non-hydrogen) atoms. The highest BCUT2D eigenvalue weighted by Crippen LogP contribution is 2.58. The number of amides is 1. The number of nitrogens with zero attached hydrogens (tertiary/aromatic N) is 2. The van der Waals surface area contributed by atoms with Gasteiger partial charge in [-0.25, -0.2) is 0 Å². The molecule has 1 amide bonds. The van der Waals surface area contributed by atoms with Gasteiger partial charge < -0.3 is 14.8 Å². The van der Waals surface area contributed by atoms with Crippen molar-refractivity contribution < 1.29 is 19.2 Å². The molecule has 0 bridgehead atoms. The Balaban J connectivity index is 1.44. The Hall–Kier alpha value is -3.14. The molecule has 0 saturated carbocycles. The number of nitrogens with one attached hydrogen (secondary N) is 1. The van der Waals surface area contributed by atoms with Crippen LogP contribution < -0.4 is 14.8 Å². The van der Waals surface area contributed by atoms with E-state index in [0.29, 0.717) is 38.8 Å². The summed E-state index contributed by atoms with van der Waals surface area (Å²) >= 11 is 9.91. The highest BCUT2D eigenvalue weighted by Gasteiger charge is 2.73. The number of benzene rings is 3. The number of carbonyl (C=O) groups excluding carboxylic acids is 1. The number of hydrogen-bond acceptors (Lipinski definition) is 6. The molecule has 2 saturated heterocycles. The van der Waals surface area contributed by atoms with Crippen molar-refractivity contribution in [3.05, 3.63) is 97.0 Å². The van der Waals surface area contributed by atoms with Crippen LogP contribution >= 0.6 is 27.5 Å². The van der Waals surface area contributed by atoms with Gasteiger partial charge in [-0.3, -0.25) is 19.8 Å². The number of anilines is 1. The van der Waals surface area contributed by atoms with Crippen LogP contribution in [0.15, 0.2) is 65.1 Å². The lowest BCUT2D eigenvalue weighted by molar-refractivity contribution is -0.534. The van der Waals surface area contributed by atoms with Gasteiger partial charge in [-0.15, -0.1) is 0 Å². The van der Waals surface area contributed by atoms with Gasteiger partial charge in [0.2, 0.25) is 0 Å². The van der Waals surface area contributed by atoms with Crippen LogP contribution in [-0.2, 0) is 16.9 Å². The van der Waals surface area contributed by atoms with Crippen LogP contribution in [0, 0.1) is 10.1 Å². The summed E-state index contributed by atoms with van der Waals surface area (Å²) in [5.41, 5.74) is 1.49. The molecule has 3 heterocycles. The minimum absolute atomic E-state index is 0.172. The fraction of sp³-hybridized carbons (Fsp3) is 0.321. The van der Waals surface area contributed by atoms with E-state index in [1.165, 1.54) is 7.11 Å². The summed E-state index contributed by atoms with van der Waals surface area (Å²) < 4.78 is 12.4. The highest BCUT2D eigenvalue weighted by atomic mass is 79.9. The fourth-order valence-electron chi connectivity index (χ4n) is 6.61. The number of nitro groups is 1. The van der Waals surface area contributed by atoms with E-state index in [4.69, 9.17) is 21.1 Å². The third kappa shape index (κ3) is 3.63. The normalized spacial score (nSPS) is 25.8. The van der Waals surface area contributed by atoms with E-state index in [1.807, 2.05) is 54.6 Å². The van der Waals surface area contributed by atoms with Crippen molar-refractivity contribution >= 4 is 39.1 Å². The Bertz CT molecular complexity index is 1450. The quantitative estimate of drug-likeness (QED) is 0.287. The van der Waals surface area contributed by atoms with E-state index in [9.17, 15) is 14.9 Å². The molecule has 8 nitrogen and oxygen atoms in total. The van der Waals surface area contributed by atoms with Crippen LogP contribution in [0.4, 0.5) is 5.69 Å². The van der Waals surface area contributed by atoms with Gasteiger partial charge in [-0.05, 0) is 58.6 Å². The van der Waals surface area contributed by atoms with Gasteiger partial charge in [0, 0.05) is 39.3 Å². The maximum atomic E-state index is 13.7. The zero-order valence-electron chi connectivity index (χ0n) is 20.5. The highest BCUT2D eigenvalue weighted by molar-refractivity contribution is 9.10. The number of methoxy groups -OCH3 is 1. The Labute approximate surface area is 233 Å². The predicted molar refractivity (Wildman–Crippen MR) is 146 cm³/mol. The zero-order chi connectivity index (χ0) is 26.6. The molecular weight excluding hydrogens is 574 g/mol. The summed E-state index contributed by atoms with van der Waals surface area (Å²) in [7, 11) is 1.54. The molecule has 196 valence electrons. The smallest absolute Gasteiger partial charge is 0.256 e. The van der Waals surface area contributed by atoms with Crippen LogP contribution in [0.3, 0.4) is 0 Å². The molecule has 3 aliphatic rings. The largest absolute Gasteiger partial charge is 0.493 e. The maximum Gasteiger partial charge on any atom is 0.256 e. The molecule has 6 rings (SSSR count). The molecule has 0 aromatic heterocycles. The van der Waals surface area contributed by atoms with E-state index in [2.05, 4.69) is 26.1 Å². The molecule has 1 N–H and O–H groups in total. The molecule has 3 aromatic rings. The third-order valence-corrected chi connectivity index (χ3v) is 9.02. The molecule has 10 heteroatoms. The van der Waals surface area contributed by atoms with Crippen LogP contribution in [0.1, 0.15) is 35.4 Å². The lowest BCUT2D eigenvalue weighted by Gasteiger charge is -2.32. The molecule has 1 spiro atoms. The molecule has 3 aromatic carbocycles. The van der Waals surface area contributed by atoms with Gasteiger partial charge in [0.1, 0.15) is 6.61 Å². The fourth-order valence-corrected chi connectivity index (χ4v) is 7.38. The number of halogens is 2. The standard InChI is InChI=1S/C28H25BrClN3O5/c1-37-23-14-17(13-19(29)25(23)38-15-16-7-2-4-9-20(16)30)24-22-11-6-12-32(22)28(26(24)33(35)36)18-8-3-5-10-21(18)31-27(28)34/h2-5,7-10,13-14,22,24,26H,6,11-12,15H2,1H3,(H,31,34)/t22-,24+,26-,28+/m0/s1. The van der Waals surface area contributed by atoms with E-state index >= 15 is 0 Å². The predicted octanol–water partition coefficient (Wildman–Crippen LogP) is 5.74. The summed E-state index contributed by atoms with van der Waals surface area (Å²) in [6, 6.07) is 17.1. The lowest BCUT2D eigenvalue weighted by atomic mass is 9.77. The molecular formula is C28H25BrClN3O5. The van der Waals surface area contributed by atoms with Crippen molar-refractivity contribution in [3.63, 3.8) is 0 Å². The van der Waals surface area contributed by atoms with Gasteiger partial charge in [0.15, 0.2) is 17.0 Å². The third-order valence-electron chi connectivity index (χ3n) is 8.06. The topological polar surface area (TPSA) is 93.9 Å². The van der Waals surface area contributed by atoms with Crippen molar-refractivity contribution in [2.75, 3.05) is 19.0 Å². The van der Waals surface area contributed by atoms with E-state index in [1.54, 1.807) is 6.07 Å². The number of ether oxygens (including phenoxy) is 2. The summed E-state index contributed by atoms with van der Waals surface area (Å²) in [5, 5.41) is 16.4. The van der Waals surface area contributed by atoms with E-state index in [0.717, 1.165) is 24.0 Å². The van der Waals surface area contributed by atoms with Gasteiger partial charge in [-0.1, -0.05) is 48.0 Å². The Morgan fingerprint density at radius 3 is 2.74 bits per heavy atom. The van der Waals surface area contributed by atoms with Crippen LogP contribution in [0.25, 0.3) is 0 Å².